The van der Waals surface area contributed by atoms with Gasteiger partial charge in [0, 0.05) is 17.4 Å². The Morgan fingerprint density at radius 2 is 1.74 bits per heavy atom. The van der Waals surface area contributed by atoms with Crippen molar-refractivity contribution in [2.75, 3.05) is 18.1 Å². The Balaban J connectivity index is 1.52. The number of H-pyrrole nitrogens is 1. The number of carboxylic acids is 1. The van der Waals surface area contributed by atoms with E-state index in [9.17, 15) is 14.7 Å². The molecule has 0 radical (unpaired) electrons. The minimum absolute atomic E-state index is 0.257. The summed E-state index contributed by atoms with van der Waals surface area (Å²) in [7, 11) is 0. The molecule has 0 saturated carbocycles. The smallest absolute Gasteiger partial charge is 0.313 e. The number of anilines is 1. The van der Waals surface area contributed by atoms with E-state index in [1.54, 1.807) is 53.6 Å². The molecule has 2 N–H and O–H groups in total. The highest BCUT2D eigenvalue weighted by Gasteiger charge is 2.45. The molecule has 3 aromatic carbocycles. The van der Waals surface area contributed by atoms with E-state index in [1.165, 1.54) is 0 Å². The van der Waals surface area contributed by atoms with Crippen LogP contribution in [0.5, 0.6) is 11.5 Å². The highest BCUT2D eigenvalue weighted by molar-refractivity contribution is 6.11. The van der Waals surface area contributed by atoms with E-state index in [1.807, 2.05) is 30.3 Å². The normalized spacial score (nSPS) is 18.7. The molecule has 2 aliphatic rings. The molecular weight excluding hydrogens is 446 g/mol. The van der Waals surface area contributed by atoms with E-state index in [-0.39, 0.29) is 5.91 Å². The van der Waals surface area contributed by atoms with Gasteiger partial charge < -0.3 is 14.6 Å². The number of rotatable bonds is 4. The predicted octanol–water partition coefficient (Wildman–Crippen LogP) is 4.42. The minimum atomic E-state index is -1.01. The van der Waals surface area contributed by atoms with E-state index in [0.717, 1.165) is 11.3 Å². The molecule has 8 nitrogen and oxygen atoms in total. The lowest BCUT2D eigenvalue weighted by Gasteiger charge is -2.41. The van der Waals surface area contributed by atoms with Crippen LogP contribution >= 0.6 is 0 Å². The summed E-state index contributed by atoms with van der Waals surface area (Å²) >= 11 is 0. The molecule has 3 heterocycles. The summed E-state index contributed by atoms with van der Waals surface area (Å²) in [5.41, 5.74) is 3.88. The Morgan fingerprint density at radius 1 is 0.971 bits per heavy atom. The van der Waals surface area contributed by atoms with E-state index < -0.39 is 17.9 Å². The second-order valence-corrected chi connectivity index (χ2v) is 8.44. The first-order valence-corrected chi connectivity index (χ1v) is 11.3. The molecule has 1 amide bonds. The highest BCUT2D eigenvalue weighted by atomic mass is 16.6. The van der Waals surface area contributed by atoms with Crippen LogP contribution < -0.4 is 14.4 Å². The predicted molar refractivity (Wildman–Crippen MR) is 128 cm³/mol. The summed E-state index contributed by atoms with van der Waals surface area (Å²) in [4.78, 5) is 28.1. The van der Waals surface area contributed by atoms with Gasteiger partial charge in [-0.2, -0.15) is 5.10 Å². The van der Waals surface area contributed by atoms with Gasteiger partial charge in [-0.05, 0) is 53.1 Å². The number of aliphatic carboxylic acids is 1. The van der Waals surface area contributed by atoms with Crippen LogP contribution in [0.1, 0.15) is 33.4 Å². The summed E-state index contributed by atoms with van der Waals surface area (Å²) in [6.45, 7) is 0.859. The van der Waals surface area contributed by atoms with Gasteiger partial charge in [0.05, 0.1) is 11.7 Å². The van der Waals surface area contributed by atoms with Crippen molar-refractivity contribution in [3.63, 3.8) is 0 Å². The topological polar surface area (TPSA) is 105 Å². The summed E-state index contributed by atoms with van der Waals surface area (Å²) in [5, 5.41) is 17.3. The second kappa shape index (κ2) is 8.32. The van der Waals surface area contributed by atoms with Gasteiger partial charge in [0.25, 0.3) is 5.91 Å². The SMILES string of the molecule is O=C(O)[C@@H]1c2ccccc2C(=O)N(c2ccc(-c3ccn[nH]3)cc2)[C@H]1c1ccc2c(c1)OCCO2. The molecule has 35 heavy (non-hydrogen) atoms. The number of carboxylic acid groups (broad SMARTS) is 1. The Morgan fingerprint density at radius 3 is 2.49 bits per heavy atom. The molecule has 0 bridgehead atoms. The molecule has 2 atom stereocenters. The van der Waals surface area contributed by atoms with Crippen LogP contribution in [0.25, 0.3) is 11.3 Å². The van der Waals surface area contributed by atoms with Crippen molar-refractivity contribution in [3.05, 3.63) is 95.7 Å². The fourth-order valence-electron chi connectivity index (χ4n) is 4.89. The van der Waals surface area contributed by atoms with Gasteiger partial charge in [0.15, 0.2) is 11.5 Å². The first-order valence-electron chi connectivity index (χ1n) is 11.3. The van der Waals surface area contributed by atoms with Crippen LogP contribution in [-0.4, -0.2) is 40.4 Å². The van der Waals surface area contributed by atoms with Gasteiger partial charge in [-0.25, -0.2) is 0 Å². The number of hydrogen-bond donors (Lipinski definition) is 2. The summed E-state index contributed by atoms with van der Waals surface area (Å²) in [5.74, 6) is -1.10. The van der Waals surface area contributed by atoms with Crippen molar-refractivity contribution in [2.45, 2.75) is 12.0 Å². The lowest BCUT2D eigenvalue weighted by Crippen LogP contribution is -2.45. The van der Waals surface area contributed by atoms with E-state index in [2.05, 4.69) is 10.2 Å². The minimum Gasteiger partial charge on any atom is -0.486 e. The number of fused-ring (bicyclic) bond motifs is 2. The average molecular weight is 467 g/mol. The number of nitrogens with zero attached hydrogens (tertiary/aromatic N) is 2. The maximum absolute atomic E-state index is 13.8. The molecule has 1 aromatic heterocycles. The van der Waals surface area contributed by atoms with Crippen LogP contribution in [0, 0.1) is 0 Å². The zero-order valence-electron chi connectivity index (χ0n) is 18.5. The van der Waals surface area contributed by atoms with E-state index in [4.69, 9.17) is 9.47 Å². The quantitative estimate of drug-likeness (QED) is 0.461. The van der Waals surface area contributed by atoms with E-state index in [0.29, 0.717) is 47.1 Å². The molecule has 4 aromatic rings. The van der Waals surface area contributed by atoms with Crippen LogP contribution in [-0.2, 0) is 4.79 Å². The summed E-state index contributed by atoms with van der Waals surface area (Å²) < 4.78 is 11.4. The maximum Gasteiger partial charge on any atom is 0.313 e. The number of carbonyl (C=O) groups is 2. The fourth-order valence-corrected chi connectivity index (χ4v) is 4.89. The third kappa shape index (κ3) is 3.50. The zero-order valence-corrected chi connectivity index (χ0v) is 18.5. The van der Waals surface area contributed by atoms with Gasteiger partial charge >= 0.3 is 5.97 Å². The Labute approximate surface area is 200 Å². The van der Waals surface area contributed by atoms with Crippen molar-refractivity contribution in [1.82, 2.24) is 10.2 Å². The van der Waals surface area contributed by atoms with Crippen molar-refractivity contribution in [3.8, 4) is 22.8 Å². The van der Waals surface area contributed by atoms with Crippen LogP contribution in [0.2, 0.25) is 0 Å². The summed E-state index contributed by atoms with van der Waals surface area (Å²) in [6.07, 6.45) is 1.67. The van der Waals surface area contributed by atoms with Crippen LogP contribution in [0.3, 0.4) is 0 Å². The standard InChI is InChI=1S/C27H21N3O5/c31-26-20-4-2-1-3-19(20)24(27(32)33)25(17-7-10-22-23(15-17)35-14-13-34-22)30(26)18-8-5-16(6-9-18)21-11-12-28-29-21/h1-12,15,24-25H,13-14H2,(H,28,29)(H,32,33)/t24-,25+/m1/s1. The first-order chi connectivity index (χ1) is 17.1. The molecule has 0 aliphatic carbocycles. The Hall–Kier alpha value is -4.59. The maximum atomic E-state index is 13.8. The number of aromatic nitrogens is 2. The Bertz CT molecular complexity index is 1420. The number of nitrogens with one attached hydrogen (secondary N) is 1. The number of ether oxygens (including phenoxy) is 2. The number of hydrogen-bond acceptors (Lipinski definition) is 5. The number of amides is 1. The molecule has 174 valence electrons. The second-order valence-electron chi connectivity index (χ2n) is 8.44. The van der Waals surface area contributed by atoms with Gasteiger partial charge in [0.2, 0.25) is 0 Å². The van der Waals surface area contributed by atoms with Crippen LogP contribution in [0.4, 0.5) is 5.69 Å². The van der Waals surface area contributed by atoms with Crippen molar-refractivity contribution < 1.29 is 24.2 Å². The molecule has 0 unspecified atom stereocenters. The van der Waals surface area contributed by atoms with Crippen molar-refractivity contribution in [2.24, 2.45) is 0 Å². The highest BCUT2D eigenvalue weighted by Crippen LogP contribution is 2.47. The number of aromatic amines is 1. The molecular formula is C27H21N3O5. The molecule has 0 saturated heterocycles. The third-order valence-electron chi connectivity index (χ3n) is 6.47. The number of carbonyl (C=O) groups excluding carboxylic acids is 1. The molecule has 2 aliphatic heterocycles. The zero-order chi connectivity index (χ0) is 23.9. The van der Waals surface area contributed by atoms with Crippen LogP contribution in [0.15, 0.2) is 79.0 Å². The van der Waals surface area contributed by atoms with E-state index >= 15 is 0 Å². The van der Waals surface area contributed by atoms with Crippen molar-refractivity contribution in [1.29, 1.82) is 0 Å². The molecule has 0 spiro atoms. The van der Waals surface area contributed by atoms with Gasteiger partial charge in [0.1, 0.15) is 19.1 Å². The monoisotopic (exact) mass is 467 g/mol. The lowest BCUT2D eigenvalue weighted by molar-refractivity contribution is -0.139. The molecule has 6 rings (SSSR count). The average Bonchev–Trinajstić information content (AvgIpc) is 3.43. The van der Waals surface area contributed by atoms with Crippen molar-refractivity contribution >= 4 is 17.6 Å². The van der Waals surface area contributed by atoms with Gasteiger partial charge in [-0.1, -0.05) is 36.4 Å². The lowest BCUT2D eigenvalue weighted by atomic mass is 9.79. The Kier molecular flexibility index (Phi) is 4.99. The molecule has 0 fully saturated rings. The largest absolute Gasteiger partial charge is 0.486 e. The van der Waals surface area contributed by atoms with Gasteiger partial charge in [-0.3, -0.25) is 19.6 Å². The fraction of sp³-hybridized carbons (Fsp3) is 0.148. The third-order valence-corrected chi connectivity index (χ3v) is 6.47. The number of benzene rings is 3. The summed E-state index contributed by atoms with van der Waals surface area (Å²) in [6, 6.07) is 20.8. The van der Waals surface area contributed by atoms with Gasteiger partial charge in [-0.15, -0.1) is 0 Å². The molecule has 8 heteroatoms. The first kappa shape index (κ1) is 21.0.